The van der Waals surface area contributed by atoms with Crippen molar-refractivity contribution in [1.82, 2.24) is 9.80 Å². The third kappa shape index (κ3) is 6.39. The Labute approximate surface area is 253 Å². The van der Waals surface area contributed by atoms with E-state index in [2.05, 4.69) is 0 Å². The summed E-state index contributed by atoms with van der Waals surface area (Å²) >= 11 is 0. The summed E-state index contributed by atoms with van der Waals surface area (Å²) < 4.78 is 41.4. The van der Waals surface area contributed by atoms with Gasteiger partial charge in [0.05, 0.1) is 12.0 Å². The first-order valence-electron chi connectivity index (χ1n) is 14.3. The number of benzene rings is 4. The second-order valence-corrected chi connectivity index (χ2v) is 11.2. The lowest BCUT2D eigenvalue weighted by Crippen LogP contribution is -2.52. The smallest absolute Gasteiger partial charge is 0.399 e. The molecule has 1 fully saturated rings. The molecule has 0 saturated carbocycles. The van der Waals surface area contributed by atoms with Crippen molar-refractivity contribution in [3.63, 3.8) is 0 Å². The molecule has 3 amide bonds. The highest BCUT2D eigenvalue weighted by atomic mass is 19.4. The summed E-state index contributed by atoms with van der Waals surface area (Å²) in [6.45, 7) is 1.84. The van der Waals surface area contributed by atoms with Crippen LogP contribution < -0.4 is 11.5 Å². The Morgan fingerprint density at radius 1 is 0.955 bits per heavy atom. The molecule has 1 aliphatic rings. The van der Waals surface area contributed by atoms with Crippen molar-refractivity contribution in [2.75, 3.05) is 12.3 Å². The molecule has 0 radical (unpaired) electrons. The van der Waals surface area contributed by atoms with E-state index in [1.54, 1.807) is 31.2 Å². The Balaban J connectivity index is 1.57. The van der Waals surface area contributed by atoms with E-state index in [4.69, 9.17) is 11.5 Å². The summed E-state index contributed by atoms with van der Waals surface area (Å²) in [5, 5.41) is 1.84. The van der Waals surface area contributed by atoms with Crippen LogP contribution in [0.25, 0.3) is 10.8 Å². The number of nitrogens with zero attached hydrogens (tertiary/aromatic N) is 2. The van der Waals surface area contributed by atoms with Gasteiger partial charge in [0.25, 0.3) is 5.91 Å². The number of nitrogens with two attached hydrogens (primary N) is 2. The SMILES string of the molecule is CC1CCN(C(Cc2cccc3ccccc23)C(N)=O)C(=O)C(c2cccc(C(F)(F)F)c2)N1C(=O)Cc1ccc(N)cc1. The summed E-state index contributed by atoms with van der Waals surface area (Å²) in [6.07, 6.45) is -4.37. The highest BCUT2D eigenvalue weighted by Gasteiger charge is 2.43. The number of halogens is 3. The summed E-state index contributed by atoms with van der Waals surface area (Å²) in [5.74, 6) is -1.85. The first kappa shape index (κ1) is 30.6. The molecule has 4 aromatic carbocycles. The monoisotopic (exact) mass is 602 g/mol. The maximum Gasteiger partial charge on any atom is 0.416 e. The molecule has 5 rings (SSSR count). The molecule has 0 aromatic heterocycles. The van der Waals surface area contributed by atoms with Gasteiger partial charge in [0, 0.05) is 24.7 Å². The number of carbonyl (C=O) groups excluding carboxylic acids is 3. The van der Waals surface area contributed by atoms with E-state index in [0.29, 0.717) is 11.3 Å². The second kappa shape index (κ2) is 12.4. The van der Waals surface area contributed by atoms with Gasteiger partial charge < -0.3 is 21.3 Å². The summed E-state index contributed by atoms with van der Waals surface area (Å²) in [5.41, 5.74) is 12.7. The molecule has 1 heterocycles. The van der Waals surface area contributed by atoms with Gasteiger partial charge in [0.1, 0.15) is 12.1 Å². The fourth-order valence-electron chi connectivity index (χ4n) is 5.94. The Morgan fingerprint density at radius 3 is 2.34 bits per heavy atom. The number of primary amides is 1. The summed E-state index contributed by atoms with van der Waals surface area (Å²) in [6, 6.07) is 21.3. The molecule has 0 aliphatic carbocycles. The van der Waals surface area contributed by atoms with Crippen molar-refractivity contribution in [1.29, 1.82) is 0 Å². The van der Waals surface area contributed by atoms with Gasteiger partial charge in [-0.25, -0.2) is 0 Å². The van der Waals surface area contributed by atoms with Crippen LogP contribution in [-0.4, -0.2) is 46.1 Å². The zero-order valence-corrected chi connectivity index (χ0v) is 24.1. The maximum atomic E-state index is 14.5. The van der Waals surface area contributed by atoms with Crippen LogP contribution >= 0.6 is 0 Å². The number of hydrogen-bond acceptors (Lipinski definition) is 4. The van der Waals surface area contributed by atoms with E-state index < -0.39 is 47.6 Å². The van der Waals surface area contributed by atoms with Crippen molar-refractivity contribution in [3.8, 4) is 0 Å². The average molecular weight is 603 g/mol. The number of anilines is 1. The normalized spacial score (nSPS) is 18.2. The average Bonchev–Trinajstić information content (AvgIpc) is 3.12. The molecule has 1 aliphatic heterocycles. The van der Waals surface area contributed by atoms with E-state index in [9.17, 15) is 27.6 Å². The molecule has 3 atom stereocenters. The van der Waals surface area contributed by atoms with E-state index in [0.717, 1.165) is 28.5 Å². The minimum atomic E-state index is -4.67. The number of alkyl halides is 3. The highest BCUT2D eigenvalue weighted by Crippen LogP contribution is 2.36. The van der Waals surface area contributed by atoms with Crippen molar-refractivity contribution < 1.29 is 27.6 Å². The lowest BCUT2D eigenvalue weighted by Gasteiger charge is -2.36. The van der Waals surface area contributed by atoms with Crippen LogP contribution in [0.1, 0.15) is 41.6 Å². The first-order chi connectivity index (χ1) is 20.9. The molecule has 1 saturated heterocycles. The summed E-state index contributed by atoms with van der Waals surface area (Å²) in [7, 11) is 0. The Bertz CT molecular complexity index is 1680. The van der Waals surface area contributed by atoms with Gasteiger partial charge in [-0.1, -0.05) is 66.7 Å². The van der Waals surface area contributed by atoms with Gasteiger partial charge in [-0.05, 0) is 65.1 Å². The lowest BCUT2D eigenvalue weighted by molar-refractivity contribution is -0.148. The lowest BCUT2D eigenvalue weighted by atomic mass is 9.96. The van der Waals surface area contributed by atoms with Gasteiger partial charge in [-0.2, -0.15) is 13.2 Å². The molecular weight excluding hydrogens is 569 g/mol. The quantitative estimate of drug-likeness (QED) is 0.281. The number of amides is 3. The second-order valence-electron chi connectivity index (χ2n) is 11.2. The van der Waals surface area contributed by atoms with E-state index in [1.165, 1.54) is 21.9 Å². The Kier molecular flexibility index (Phi) is 8.62. The van der Waals surface area contributed by atoms with Gasteiger partial charge in [0.15, 0.2) is 0 Å². The van der Waals surface area contributed by atoms with Crippen LogP contribution in [0, 0.1) is 0 Å². The topological polar surface area (TPSA) is 110 Å². The van der Waals surface area contributed by atoms with Crippen LogP contribution in [0.15, 0.2) is 91.0 Å². The zero-order chi connectivity index (χ0) is 31.6. The minimum absolute atomic E-state index is 0.00242. The summed E-state index contributed by atoms with van der Waals surface area (Å²) in [4.78, 5) is 44.0. The van der Waals surface area contributed by atoms with E-state index in [1.807, 2.05) is 42.5 Å². The van der Waals surface area contributed by atoms with Crippen LogP contribution in [-0.2, 0) is 33.4 Å². The van der Waals surface area contributed by atoms with Gasteiger partial charge in [-0.15, -0.1) is 0 Å². The number of carbonyl (C=O) groups is 3. The molecule has 10 heteroatoms. The van der Waals surface area contributed by atoms with Crippen LogP contribution in [0.3, 0.4) is 0 Å². The van der Waals surface area contributed by atoms with Crippen molar-refractivity contribution >= 4 is 34.2 Å². The molecule has 0 bridgehead atoms. The highest BCUT2D eigenvalue weighted by molar-refractivity contribution is 5.94. The fraction of sp³-hybridized carbons (Fsp3) is 0.265. The third-order valence-corrected chi connectivity index (χ3v) is 8.21. The van der Waals surface area contributed by atoms with Crippen molar-refractivity contribution in [3.05, 3.63) is 113 Å². The molecular formula is C34H33F3N4O3. The van der Waals surface area contributed by atoms with Gasteiger partial charge in [0.2, 0.25) is 11.8 Å². The zero-order valence-electron chi connectivity index (χ0n) is 24.1. The van der Waals surface area contributed by atoms with Crippen LogP contribution in [0.2, 0.25) is 0 Å². The predicted octanol–water partition coefficient (Wildman–Crippen LogP) is 5.27. The van der Waals surface area contributed by atoms with E-state index in [-0.39, 0.29) is 31.4 Å². The number of hydrogen-bond donors (Lipinski definition) is 2. The molecule has 44 heavy (non-hydrogen) atoms. The van der Waals surface area contributed by atoms with Crippen molar-refractivity contribution in [2.24, 2.45) is 5.73 Å². The third-order valence-electron chi connectivity index (χ3n) is 8.21. The molecule has 7 nitrogen and oxygen atoms in total. The van der Waals surface area contributed by atoms with Gasteiger partial charge >= 0.3 is 6.18 Å². The van der Waals surface area contributed by atoms with Crippen LogP contribution in [0.4, 0.5) is 18.9 Å². The maximum absolute atomic E-state index is 14.5. The molecule has 4 N–H and O–H groups in total. The van der Waals surface area contributed by atoms with Crippen LogP contribution in [0.5, 0.6) is 0 Å². The molecule has 0 spiro atoms. The molecule has 228 valence electrons. The Morgan fingerprint density at radius 2 is 1.64 bits per heavy atom. The van der Waals surface area contributed by atoms with Gasteiger partial charge in [-0.3, -0.25) is 14.4 Å². The predicted molar refractivity (Wildman–Crippen MR) is 162 cm³/mol. The fourth-order valence-corrected chi connectivity index (χ4v) is 5.94. The number of rotatable bonds is 7. The Hall–Kier alpha value is -4.86. The standard InChI is InChI=1S/C34H33F3N4O3/c1-21-16-17-40(29(32(39)43)20-24-8-4-7-23-6-2-3-11-28(23)24)33(44)31(25-9-5-10-26(19-25)34(35,36)37)41(21)30(42)18-22-12-14-27(38)15-13-22/h2-15,19,21,29,31H,16-18,20,38H2,1H3,(H2,39,43). The minimum Gasteiger partial charge on any atom is -0.399 e. The number of nitrogen functional groups attached to an aromatic ring is 1. The molecule has 3 unspecified atom stereocenters. The van der Waals surface area contributed by atoms with Crippen molar-refractivity contribution in [2.45, 2.75) is 50.5 Å². The first-order valence-corrected chi connectivity index (χ1v) is 14.3. The van der Waals surface area contributed by atoms with E-state index >= 15 is 0 Å². The number of fused-ring (bicyclic) bond motifs is 1. The molecule has 4 aromatic rings. The largest absolute Gasteiger partial charge is 0.416 e.